The highest BCUT2D eigenvalue weighted by molar-refractivity contribution is 9.10. The van der Waals surface area contributed by atoms with E-state index in [-0.39, 0.29) is 10.9 Å². The summed E-state index contributed by atoms with van der Waals surface area (Å²) in [5.41, 5.74) is 0.873. The molecule has 0 aliphatic rings. The largest absolute Gasteiger partial charge is 0.329 e. The zero-order chi connectivity index (χ0) is 15.8. The summed E-state index contributed by atoms with van der Waals surface area (Å²) >= 11 is 9.55. The third kappa shape index (κ3) is 4.00. The molecule has 0 saturated heterocycles. The molecule has 0 saturated carbocycles. The Morgan fingerprint density at radius 3 is 2.57 bits per heavy atom. The van der Waals surface area contributed by atoms with Gasteiger partial charge in [0.2, 0.25) is 0 Å². The van der Waals surface area contributed by atoms with Gasteiger partial charge in [-0.15, -0.1) is 0 Å². The van der Waals surface area contributed by atoms with Crippen molar-refractivity contribution in [2.45, 2.75) is 31.3 Å². The van der Waals surface area contributed by atoms with Gasteiger partial charge >= 0.3 is 0 Å². The minimum absolute atomic E-state index is 0.0615. The van der Waals surface area contributed by atoms with Crippen molar-refractivity contribution in [1.82, 2.24) is 9.55 Å². The fraction of sp³-hybridized carbons (Fsp3) is 0.308. The average Bonchev–Trinajstić information content (AvgIpc) is 2.76. The molecule has 2 rings (SSSR count). The molecule has 0 aliphatic carbocycles. The van der Waals surface area contributed by atoms with E-state index >= 15 is 0 Å². The maximum absolute atomic E-state index is 11.4. The Morgan fingerprint density at radius 1 is 1.38 bits per heavy atom. The third-order valence-electron chi connectivity index (χ3n) is 2.91. The zero-order valence-corrected chi connectivity index (χ0v) is 15.3. The fourth-order valence-corrected chi connectivity index (χ4v) is 3.36. The lowest BCUT2D eigenvalue weighted by Crippen LogP contribution is -2.06. The Kier molecular flexibility index (Phi) is 5.03. The second-order valence-corrected chi connectivity index (χ2v) is 8.73. The molecule has 0 atom stereocenters. The van der Waals surface area contributed by atoms with Crippen LogP contribution < -0.4 is 0 Å². The molecule has 1 heterocycles. The normalized spacial score (nSPS) is 12.1. The molecule has 0 radical (unpaired) electrons. The van der Waals surface area contributed by atoms with E-state index in [4.69, 9.17) is 22.3 Å². The van der Waals surface area contributed by atoms with Crippen LogP contribution in [0.15, 0.2) is 33.9 Å². The maximum Gasteiger partial charge on any atom is 0.280 e. The van der Waals surface area contributed by atoms with Crippen molar-refractivity contribution in [1.29, 1.82) is 0 Å². The number of benzene rings is 1. The van der Waals surface area contributed by atoms with E-state index in [0.717, 1.165) is 10.0 Å². The Bertz CT molecular complexity index is 772. The standard InChI is InChI=1S/C13H13BrCl2N2O2S/c1-8(2)13-17-12(21(16,19)20)7-18(13)6-9-3-4-10(14)5-11(9)15/h3-5,7-8H,6H2,1-2H3. The van der Waals surface area contributed by atoms with E-state index in [1.54, 1.807) is 10.6 Å². The van der Waals surface area contributed by atoms with Gasteiger partial charge in [-0.3, -0.25) is 0 Å². The van der Waals surface area contributed by atoms with E-state index < -0.39 is 9.05 Å². The number of aromatic nitrogens is 2. The average molecular weight is 412 g/mol. The smallest absolute Gasteiger partial charge is 0.280 e. The topological polar surface area (TPSA) is 52.0 Å². The second-order valence-electron chi connectivity index (χ2n) is 4.89. The zero-order valence-electron chi connectivity index (χ0n) is 11.3. The molecule has 0 fully saturated rings. The van der Waals surface area contributed by atoms with E-state index in [2.05, 4.69) is 20.9 Å². The molecular formula is C13H13BrCl2N2O2S. The molecule has 0 spiro atoms. The van der Waals surface area contributed by atoms with Crippen molar-refractivity contribution < 1.29 is 8.42 Å². The van der Waals surface area contributed by atoms with Crippen LogP contribution in [0.2, 0.25) is 5.02 Å². The summed E-state index contributed by atoms with van der Waals surface area (Å²) in [5.74, 6) is 0.708. The summed E-state index contributed by atoms with van der Waals surface area (Å²) < 4.78 is 25.5. The first-order valence-electron chi connectivity index (χ1n) is 6.14. The van der Waals surface area contributed by atoms with Crippen LogP contribution in [0.3, 0.4) is 0 Å². The number of hydrogen-bond donors (Lipinski definition) is 0. The van der Waals surface area contributed by atoms with Crippen LogP contribution in [-0.4, -0.2) is 18.0 Å². The van der Waals surface area contributed by atoms with Crippen LogP contribution in [-0.2, 0) is 15.6 Å². The van der Waals surface area contributed by atoms with Crippen LogP contribution in [0.25, 0.3) is 0 Å². The number of imidazole rings is 1. The quantitative estimate of drug-likeness (QED) is 0.700. The molecule has 21 heavy (non-hydrogen) atoms. The van der Waals surface area contributed by atoms with Crippen molar-refractivity contribution >= 4 is 47.3 Å². The molecule has 4 nitrogen and oxygen atoms in total. The maximum atomic E-state index is 11.4. The molecule has 0 aliphatic heterocycles. The van der Waals surface area contributed by atoms with E-state index in [1.807, 2.05) is 26.0 Å². The van der Waals surface area contributed by atoms with Gasteiger partial charge in [-0.05, 0) is 17.7 Å². The third-order valence-corrected chi connectivity index (χ3v) is 4.92. The summed E-state index contributed by atoms with van der Waals surface area (Å²) in [5, 5.41) is 0.462. The second kappa shape index (κ2) is 6.28. The Labute approximate surface area is 141 Å². The summed E-state index contributed by atoms with van der Waals surface area (Å²) in [7, 11) is 1.52. The molecule has 114 valence electrons. The van der Waals surface area contributed by atoms with E-state index in [1.165, 1.54) is 6.20 Å². The first-order valence-corrected chi connectivity index (χ1v) is 9.62. The molecule has 8 heteroatoms. The van der Waals surface area contributed by atoms with Crippen molar-refractivity contribution in [2.75, 3.05) is 0 Å². The number of hydrogen-bond acceptors (Lipinski definition) is 3. The summed E-state index contributed by atoms with van der Waals surface area (Å²) in [6.07, 6.45) is 1.44. The van der Waals surface area contributed by atoms with Crippen molar-refractivity contribution in [2.24, 2.45) is 0 Å². The van der Waals surface area contributed by atoms with Gasteiger partial charge in [-0.25, -0.2) is 13.4 Å². The molecule has 0 N–H and O–H groups in total. The first kappa shape index (κ1) is 16.8. The summed E-state index contributed by atoms with van der Waals surface area (Å²) in [4.78, 5) is 4.12. The first-order chi connectivity index (χ1) is 9.68. The summed E-state index contributed by atoms with van der Waals surface area (Å²) in [6, 6.07) is 5.56. The van der Waals surface area contributed by atoms with Crippen LogP contribution in [0.1, 0.15) is 31.2 Å². The predicted molar refractivity (Wildman–Crippen MR) is 87.6 cm³/mol. The van der Waals surface area contributed by atoms with E-state index in [9.17, 15) is 8.42 Å². The number of halogens is 3. The van der Waals surface area contributed by atoms with E-state index in [0.29, 0.717) is 17.4 Å². The molecule has 2 aromatic rings. The van der Waals surface area contributed by atoms with Crippen LogP contribution in [0.4, 0.5) is 0 Å². The van der Waals surface area contributed by atoms with Gasteiger partial charge in [0, 0.05) is 32.3 Å². The Hall–Kier alpha value is -0.560. The minimum Gasteiger partial charge on any atom is -0.329 e. The van der Waals surface area contributed by atoms with Crippen LogP contribution >= 0.6 is 38.2 Å². The highest BCUT2D eigenvalue weighted by Gasteiger charge is 2.20. The van der Waals surface area contributed by atoms with Gasteiger partial charge in [0.05, 0.1) is 6.54 Å². The summed E-state index contributed by atoms with van der Waals surface area (Å²) in [6.45, 7) is 4.30. The molecule has 1 aromatic carbocycles. The minimum atomic E-state index is -3.85. The lowest BCUT2D eigenvalue weighted by molar-refractivity contribution is 0.606. The molecular weight excluding hydrogens is 399 g/mol. The van der Waals surface area contributed by atoms with Crippen molar-refractivity contribution in [3.63, 3.8) is 0 Å². The van der Waals surface area contributed by atoms with Gasteiger partial charge in [-0.1, -0.05) is 47.4 Å². The highest BCUT2D eigenvalue weighted by atomic mass is 79.9. The van der Waals surface area contributed by atoms with Crippen LogP contribution in [0.5, 0.6) is 0 Å². The number of nitrogens with zero attached hydrogens (tertiary/aromatic N) is 2. The lowest BCUT2D eigenvalue weighted by atomic mass is 10.2. The van der Waals surface area contributed by atoms with Crippen LogP contribution in [0, 0.1) is 0 Å². The number of rotatable bonds is 4. The van der Waals surface area contributed by atoms with Gasteiger partial charge < -0.3 is 4.57 Å². The van der Waals surface area contributed by atoms with Crippen molar-refractivity contribution in [3.8, 4) is 0 Å². The van der Waals surface area contributed by atoms with Gasteiger partial charge in [0.25, 0.3) is 9.05 Å². The monoisotopic (exact) mass is 410 g/mol. The molecule has 1 aromatic heterocycles. The Balaban J connectivity index is 2.45. The van der Waals surface area contributed by atoms with Gasteiger partial charge in [-0.2, -0.15) is 0 Å². The molecule has 0 bridgehead atoms. The van der Waals surface area contributed by atoms with Gasteiger partial charge in [0.1, 0.15) is 5.82 Å². The van der Waals surface area contributed by atoms with Crippen molar-refractivity contribution in [3.05, 3.63) is 45.3 Å². The lowest BCUT2D eigenvalue weighted by Gasteiger charge is -2.11. The van der Waals surface area contributed by atoms with Gasteiger partial charge in [0.15, 0.2) is 5.03 Å². The highest BCUT2D eigenvalue weighted by Crippen LogP contribution is 2.25. The molecule has 0 amide bonds. The SMILES string of the molecule is CC(C)c1nc(S(=O)(=O)Cl)cn1Cc1ccc(Br)cc1Cl. The predicted octanol–water partition coefficient (Wildman–Crippen LogP) is 4.40. The fourth-order valence-electron chi connectivity index (χ4n) is 1.94. The Morgan fingerprint density at radius 2 is 2.05 bits per heavy atom. The molecule has 0 unspecified atom stereocenters.